The molecule has 19 heavy (non-hydrogen) atoms. The number of hydrogen-bond donors (Lipinski definition) is 2. The molecule has 0 aliphatic rings. The van der Waals surface area contributed by atoms with Gasteiger partial charge in [0, 0.05) is 12.4 Å². The molecular formula is C14H15ClN2O2. The molecule has 2 aromatic rings. The van der Waals surface area contributed by atoms with Gasteiger partial charge in [-0.25, -0.2) is 0 Å². The molecule has 0 saturated carbocycles. The van der Waals surface area contributed by atoms with E-state index in [9.17, 15) is 9.90 Å². The fraction of sp³-hybridized carbons (Fsp3) is 0.143. The third kappa shape index (κ3) is 4.26. The average molecular weight is 279 g/mol. The van der Waals surface area contributed by atoms with E-state index in [2.05, 4.69) is 4.98 Å². The van der Waals surface area contributed by atoms with Crippen molar-refractivity contribution in [2.75, 3.05) is 0 Å². The number of aryl methyl sites for hydroxylation is 1. The van der Waals surface area contributed by atoms with E-state index in [1.165, 1.54) is 6.20 Å². The van der Waals surface area contributed by atoms with Gasteiger partial charge in [-0.05, 0) is 43.2 Å². The second-order valence-electron chi connectivity index (χ2n) is 3.94. The van der Waals surface area contributed by atoms with Gasteiger partial charge in [0.2, 0.25) is 5.91 Å². The van der Waals surface area contributed by atoms with E-state index in [0.29, 0.717) is 10.6 Å². The zero-order valence-corrected chi connectivity index (χ0v) is 11.5. The zero-order valence-electron chi connectivity index (χ0n) is 10.7. The van der Waals surface area contributed by atoms with Crippen LogP contribution < -0.4 is 5.73 Å². The summed E-state index contributed by atoms with van der Waals surface area (Å²) in [5.74, 6) is -0.246. The second kappa shape index (κ2) is 6.75. The van der Waals surface area contributed by atoms with Gasteiger partial charge in [-0.1, -0.05) is 17.7 Å². The smallest absolute Gasteiger partial charge is 0.250 e. The number of carbonyl (C=O) groups is 1. The summed E-state index contributed by atoms with van der Waals surface area (Å²) in [7, 11) is 0. The molecule has 0 saturated heterocycles. The second-order valence-corrected chi connectivity index (χ2v) is 4.35. The highest BCUT2D eigenvalue weighted by molar-refractivity contribution is 6.32. The fourth-order valence-electron chi connectivity index (χ4n) is 1.28. The molecule has 3 N–H and O–H groups in total. The van der Waals surface area contributed by atoms with Crippen molar-refractivity contribution in [2.45, 2.75) is 13.8 Å². The Kier molecular flexibility index (Phi) is 5.33. The van der Waals surface area contributed by atoms with E-state index in [-0.39, 0.29) is 5.75 Å². The van der Waals surface area contributed by atoms with Gasteiger partial charge in [-0.2, -0.15) is 0 Å². The standard InChI is InChI=1S/C8H9ClO.C6H6N2O/c1-5-3-4-7(9)8(10)6(5)2;7-6(9)5-2-1-3-8-4-5/h3-4,10H,1-2H3;1-4H,(H2,7,9). The van der Waals surface area contributed by atoms with Gasteiger partial charge >= 0.3 is 0 Å². The zero-order chi connectivity index (χ0) is 14.4. The molecule has 0 spiro atoms. The predicted molar refractivity (Wildman–Crippen MR) is 75.3 cm³/mol. The maximum atomic E-state index is 10.4. The Morgan fingerprint density at radius 1 is 1.32 bits per heavy atom. The maximum Gasteiger partial charge on any atom is 0.250 e. The number of benzene rings is 1. The van der Waals surface area contributed by atoms with Gasteiger partial charge in [0.25, 0.3) is 0 Å². The minimum atomic E-state index is -0.442. The molecule has 1 aromatic carbocycles. The topological polar surface area (TPSA) is 76.2 Å². The van der Waals surface area contributed by atoms with Crippen LogP contribution in [0, 0.1) is 13.8 Å². The normalized spacial score (nSPS) is 9.42. The van der Waals surface area contributed by atoms with Crippen LogP contribution in [-0.4, -0.2) is 16.0 Å². The Morgan fingerprint density at radius 2 is 2.00 bits per heavy atom. The lowest BCUT2D eigenvalue weighted by atomic mass is 10.1. The molecular weight excluding hydrogens is 264 g/mol. The SMILES string of the molecule is Cc1ccc(Cl)c(O)c1C.NC(=O)c1cccnc1. The Bertz CT molecular complexity index is 544. The highest BCUT2D eigenvalue weighted by Gasteiger charge is 2.02. The lowest BCUT2D eigenvalue weighted by Crippen LogP contribution is -2.10. The number of halogens is 1. The minimum Gasteiger partial charge on any atom is -0.506 e. The van der Waals surface area contributed by atoms with Crippen molar-refractivity contribution in [2.24, 2.45) is 5.73 Å². The molecule has 5 heteroatoms. The molecule has 0 unspecified atom stereocenters. The summed E-state index contributed by atoms with van der Waals surface area (Å²) in [6.07, 6.45) is 3.02. The van der Waals surface area contributed by atoms with E-state index in [1.807, 2.05) is 19.9 Å². The molecule has 0 radical (unpaired) electrons. The van der Waals surface area contributed by atoms with E-state index >= 15 is 0 Å². The number of amides is 1. The number of phenols is 1. The monoisotopic (exact) mass is 278 g/mol. The van der Waals surface area contributed by atoms with Crippen LogP contribution in [0.2, 0.25) is 5.02 Å². The van der Waals surface area contributed by atoms with Crippen molar-refractivity contribution >= 4 is 17.5 Å². The van der Waals surface area contributed by atoms with Gasteiger partial charge in [-0.15, -0.1) is 0 Å². The van der Waals surface area contributed by atoms with Crippen molar-refractivity contribution in [3.05, 3.63) is 58.4 Å². The lowest BCUT2D eigenvalue weighted by molar-refractivity contribution is 0.1000. The molecule has 0 aliphatic carbocycles. The van der Waals surface area contributed by atoms with Gasteiger partial charge in [0.1, 0.15) is 5.75 Å². The highest BCUT2D eigenvalue weighted by Crippen LogP contribution is 2.28. The predicted octanol–water partition coefficient (Wildman–Crippen LogP) is 2.84. The van der Waals surface area contributed by atoms with Gasteiger partial charge < -0.3 is 10.8 Å². The number of nitrogens with two attached hydrogens (primary N) is 1. The van der Waals surface area contributed by atoms with Crippen molar-refractivity contribution in [3.8, 4) is 5.75 Å². The fourth-order valence-corrected chi connectivity index (χ4v) is 1.48. The van der Waals surface area contributed by atoms with Crippen LogP contribution in [0.3, 0.4) is 0 Å². The highest BCUT2D eigenvalue weighted by atomic mass is 35.5. The number of aromatic nitrogens is 1. The van der Waals surface area contributed by atoms with Crippen molar-refractivity contribution in [1.29, 1.82) is 0 Å². The number of primary amides is 1. The van der Waals surface area contributed by atoms with Gasteiger partial charge in [0.05, 0.1) is 10.6 Å². The first-order chi connectivity index (χ1) is 8.93. The van der Waals surface area contributed by atoms with Gasteiger partial charge in [0.15, 0.2) is 0 Å². The average Bonchev–Trinajstić information content (AvgIpc) is 2.42. The molecule has 0 atom stereocenters. The van der Waals surface area contributed by atoms with Crippen LogP contribution in [-0.2, 0) is 0 Å². The van der Waals surface area contributed by atoms with Gasteiger partial charge in [-0.3, -0.25) is 9.78 Å². The molecule has 1 amide bonds. The Morgan fingerprint density at radius 3 is 2.42 bits per heavy atom. The van der Waals surface area contributed by atoms with Crippen molar-refractivity contribution < 1.29 is 9.90 Å². The quantitative estimate of drug-likeness (QED) is 0.842. The molecule has 100 valence electrons. The van der Waals surface area contributed by atoms with Crippen LogP contribution >= 0.6 is 11.6 Å². The summed E-state index contributed by atoms with van der Waals surface area (Å²) in [6.45, 7) is 3.78. The van der Waals surface area contributed by atoms with E-state index in [1.54, 1.807) is 24.4 Å². The number of nitrogens with zero attached hydrogens (tertiary/aromatic N) is 1. The third-order valence-electron chi connectivity index (χ3n) is 2.60. The third-order valence-corrected chi connectivity index (χ3v) is 2.90. The van der Waals surface area contributed by atoms with Crippen molar-refractivity contribution in [3.63, 3.8) is 0 Å². The number of rotatable bonds is 1. The van der Waals surface area contributed by atoms with Crippen LogP contribution in [0.1, 0.15) is 21.5 Å². The molecule has 1 aromatic heterocycles. The molecule has 0 fully saturated rings. The Hall–Kier alpha value is -2.07. The number of hydrogen-bond acceptors (Lipinski definition) is 3. The summed E-state index contributed by atoms with van der Waals surface area (Å²) in [5, 5.41) is 9.67. The number of phenolic OH excluding ortho intramolecular Hbond substituents is 1. The van der Waals surface area contributed by atoms with E-state index < -0.39 is 5.91 Å². The van der Waals surface area contributed by atoms with Crippen LogP contribution in [0.5, 0.6) is 5.75 Å². The Balaban J connectivity index is 0.000000191. The molecule has 0 bridgehead atoms. The number of aromatic hydroxyl groups is 1. The number of pyridine rings is 1. The minimum absolute atomic E-state index is 0.196. The van der Waals surface area contributed by atoms with E-state index in [0.717, 1.165) is 11.1 Å². The molecule has 2 rings (SSSR count). The van der Waals surface area contributed by atoms with Crippen molar-refractivity contribution in [1.82, 2.24) is 4.98 Å². The summed E-state index contributed by atoms with van der Waals surface area (Å²) in [5.41, 5.74) is 7.29. The summed E-state index contributed by atoms with van der Waals surface area (Å²) in [4.78, 5) is 14.1. The maximum absolute atomic E-state index is 10.4. The Labute approximate surface area is 116 Å². The van der Waals surface area contributed by atoms with Crippen LogP contribution in [0.25, 0.3) is 0 Å². The lowest BCUT2D eigenvalue weighted by Gasteiger charge is -2.02. The molecule has 0 aliphatic heterocycles. The van der Waals surface area contributed by atoms with Crippen LogP contribution in [0.15, 0.2) is 36.7 Å². The number of carbonyl (C=O) groups excluding carboxylic acids is 1. The first-order valence-electron chi connectivity index (χ1n) is 5.58. The first kappa shape index (κ1) is 15.0. The molecule has 1 heterocycles. The summed E-state index contributed by atoms with van der Waals surface area (Å²) < 4.78 is 0. The molecule has 4 nitrogen and oxygen atoms in total. The first-order valence-corrected chi connectivity index (χ1v) is 5.95. The summed E-state index contributed by atoms with van der Waals surface area (Å²) >= 11 is 5.64. The van der Waals surface area contributed by atoms with Crippen LogP contribution in [0.4, 0.5) is 0 Å². The summed E-state index contributed by atoms with van der Waals surface area (Å²) in [6, 6.07) is 6.87. The van der Waals surface area contributed by atoms with E-state index in [4.69, 9.17) is 17.3 Å². The largest absolute Gasteiger partial charge is 0.506 e.